The van der Waals surface area contributed by atoms with Crippen molar-refractivity contribution in [3.05, 3.63) is 28.2 Å². The molecule has 0 bridgehead atoms. The summed E-state index contributed by atoms with van der Waals surface area (Å²) < 4.78 is 6.15. The van der Waals surface area contributed by atoms with Gasteiger partial charge in [-0.15, -0.1) is 0 Å². The molecule has 0 aliphatic heterocycles. The first-order valence-electron chi connectivity index (χ1n) is 5.84. The number of hydrogen-bond donors (Lipinski definition) is 2. The molecule has 2 N–H and O–H groups in total. The predicted octanol–water partition coefficient (Wildman–Crippen LogP) is 3.39. The maximum Gasteiger partial charge on any atom is 0.166 e. The van der Waals surface area contributed by atoms with Crippen molar-refractivity contribution in [3.8, 4) is 5.75 Å². The minimum absolute atomic E-state index is 0.144. The van der Waals surface area contributed by atoms with Crippen molar-refractivity contribution in [3.63, 3.8) is 0 Å². The van der Waals surface area contributed by atoms with E-state index in [-0.39, 0.29) is 6.04 Å². The van der Waals surface area contributed by atoms with Crippen LogP contribution in [0, 0.1) is 0 Å². The fraction of sp³-hybridized carbons (Fsp3) is 0.462. The van der Waals surface area contributed by atoms with Crippen LogP contribution in [0.1, 0.15) is 32.4 Å². The van der Waals surface area contributed by atoms with Gasteiger partial charge in [0.2, 0.25) is 0 Å². The average Bonchev–Trinajstić information content (AvgIpc) is 2.27. The Balaban J connectivity index is 2.69. The Morgan fingerprint density at radius 3 is 2.44 bits per heavy atom. The van der Waals surface area contributed by atoms with Crippen LogP contribution in [0.4, 0.5) is 0 Å². The molecule has 5 heteroatoms. The number of thiocarbonyl (C=S) groups is 1. The highest BCUT2D eigenvalue weighted by Gasteiger charge is 2.09. The largest absolute Gasteiger partial charge is 0.496 e. The molecule has 1 atom stereocenters. The van der Waals surface area contributed by atoms with Crippen LogP contribution in [0.5, 0.6) is 5.75 Å². The summed E-state index contributed by atoms with van der Waals surface area (Å²) in [4.78, 5) is 0. The lowest BCUT2D eigenvalue weighted by Gasteiger charge is -2.19. The van der Waals surface area contributed by atoms with E-state index in [4.69, 9.17) is 17.0 Å². The third-order valence-corrected chi connectivity index (χ3v) is 3.30. The second kappa shape index (κ2) is 6.95. The quantitative estimate of drug-likeness (QED) is 0.829. The van der Waals surface area contributed by atoms with E-state index in [1.165, 1.54) is 0 Å². The number of methoxy groups -OCH3 is 1. The zero-order chi connectivity index (χ0) is 13.7. The van der Waals surface area contributed by atoms with Gasteiger partial charge >= 0.3 is 0 Å². The summed E-state index contributed by atoms with van der Waals surface area (Å²) in [6.07, 6.45) is 0. The molecule has 0 saturated heterocycles. The minimum Gasteiger partial charge on any atom is -0.496 e. The van der Waals surface area contributed by atoms with Gasteiger partial charge in [0.25, 0.3) is 0 Å². The monoisotopic (exact) mass is 330 g/mol. The van der Waals surface area contributed by atoms with Crippen LogP contribution >= 0.6 is 28.1 Å². The fourth-order valence-electron chi connectivity index (χ4n) is 1.54. The summed E-state index contributed by atoms with van der Waals surface area (Å²) in [5.74, 6) is 0.828. The Kier molecular flexibility index (Phi) is 5.88. The van der Waals surface area contributed by atoms with Crippen molar-refractivity contribution in [2.24, 2.45) is 0 Å². The van der Waals surface area contributed by atoms with E-state index < -0.39 is 0 Å². The number of hydrogen-bond acceptors (Lipinski definition) is 2. The lowest BCUT2D eigenvalue weighted by Crippen LogP contribution is -2.40. The van der Waals surface area contributed by atoms with E-state index in [1.807, 2.05) is 18.2 Å². The Morgan fingerprint density at radius 2 is 1.94 bits per heavy atom. The third-order valence-electron chi connectivity index (χ3n) is 2.44. The summed E-state index contributed by atoms with van der Waals surface area (Å²) in [6.45, 7) is 6.19. The van der Waals surface area contributed by atoms with Crippen LogP contribution in [0.2, 0.25) is 0 Å². The van der Waals surface area contributed by atoms with E-state index in [0.717, 1.165) is 15.8 Å². The first-order valence-corrected chi connectivity index (χ1v) is 7.04. The highest BCUT2D eigenvalue weighted by Crippen LogP contribution is 2.27. The first kappa shape index (κ1) is 15.2. The molecule has 0 unspecified atom stereocenters. The zero-order valence-electron chi connectivity index (χ0n) is 11.1. The summed E-state index contributed by atoms with van der Waals surface area (Å²) in [5, 5.41) is 7.09. The standard InChI is InChI=1S/C13H19BrN2OS/c1-8(2)15-13(18)16-9(3)10-5-6-12(17-4)11(14)7-10/h5-9H,1-4H3,(H2,15,16,18)/t9-/m1/s1. The van der Waals surface area contributed by atoms with Crippen LogP contribution in [-0.4, -0.2) is 18.3 Å². The normalized spacial score (nSPS) is 12.1. The lowest BCUT2D eigenvalue weighted by atomic mass is 10.1. The van der Waals surface area contributed by atoms with Gasteiger partial charge in [-0.1, -0.05) is 6.07 Å². The third kappa shape index (κ3) is 4.46. The van der Waals surface area contributed by atoms with Gasteiger partial charge < -0.3 is 15.4 Å². The molecule has 100 valence electrons. The second-order valence-corrected chi connectivity index (χ2v) is 5.65. The zero-order valence-corrected chi connectivity index (χ0v) is 13.5. The molecule has 1 aromatic rings. The van der Waals surface area contributed by atoms with Crippen LogP contribution in [0.3, 0.4) is 0 Å². The molecular formula is C13H19BrN2OS. The number of rotatable bonds is 4. The molecule has 0 aliphatic carbocycles. The van der Waals surface area contributed by atoms with Crippen molar-refractivity contribution < 1.29 is 4.74 Å². The van der Waals surface area contributed by atoms with Crippen LogP contribution in [0.25, 0.3) is 0 Å². The van der Waals surface area contributed by atoms with Crippen molar-refractivity contribution >= 4 is 33.3 Å². The minimum atomic E-state index is 0.144. The van der Waals surface area contributed by atoms with Gasteiger partial charge in [0.15, 0.2) is 5.11 Å². The Bertz CT molecular complexity index is 423. The number of ether oxygens (including phenoxy) is 1. The maximum absolute atomic E-state index is 5.23. The summed E-state index contributed by atoms with van der Waals surface area (Å²) in [7, 11) is 1.66. The molecule has 0 fully saturated rings. The highest BCUT2D eigenvalue weighted by atomic mass is 79.9. The van der Waals surface area contributed by atoms with Crippen LogP contribution in [0.15, 0.2) is 22.7 Å². The van der Waals surface area contributed by atoms with Gasteiger partial charge in [0.05, 0.1) is 17.6 Å². The second-order valence-electron chi connectivity index (χ2n) is 4.39. The van der Waals surface area contributed by atoms with Gasteiger partial charge in [0.1, 0.15) is 5.75 Å². The van der Waals surface area contributed by atoms with Gasteiger partial charge in [0, 0.05) is 6.04 Å². The molecule has 1 rings (SSSR count). The van der Waals surface area contributed by atoms with E-state index >= 15 is 0 Å². The summed E-state index contributed by atoms with van der Waals surface area (Å²) >= 11 is 8.71. The Morgan fingerprint density at radius 1 is 1.28 bits per heavy atom. The van der Waals surface area contributed by atoms with Crippen molar-refractivity contribution in [2.45, 2.75) is 32.9 Å². The van der Waals surface area contributed by atoms with Gasteiger partial charge in [-0.05, 0) is 66.6 Å². The molecule has 18 heavy (non-hydrogen) atoms. The predicted molar refractivity (Wildman–Crippen MR) is 83.1 cm³/mol. The van der Waals surface area contributed by atoms with Gasteiger partial charge in [-0.2, -0.15) is 0 Å². The SMILES string of the molecule is COc1ccc([C@@H](C)NC(=S)NC(C)C)cc1Br. The number of nitrogens with one attached hydrogen (secondary N) is 2. The molecule has 0 saturated carbocycles. The summed E-state index contributed by atoms with van der Waals surface area (Å²) in [5.41, 5.74) is 1.15. The lowest BCUT2D eigenvalue weighted by molar-refractivity contribution is 0.412. The van der Waals surface area contributed by atoms with Crippen molar-refractivity contribution in [2.75, 3.05) is 7.11 Å². The molecule has 0 aromatic heterocycles. The smallest absolute Gasteiger partial charge is 0.166 e. The molecule has 0 heterocycles. The first-order chi connectivity index (χ1) is 8.43. The Labute approximate surface area is 122 Å². The van der Waals surface area contributed by atoms with Gasteiger partial charge in [-0.25, -0.2) is 0 Å². The van der Waals surface area contributed by atoms with Crippen molar-refractivity contribution in [1.29, 1.82) is 0 Å². The molecule has 3 nitrogen and oxygen atoms in total. The average molecular weight is 331 g/mol. The van der Waals surface area contributed by atoms with Gasteiger partial charge in [-0.3, -0.25) is 0 Å². The van der Waals surface area contributed by atoms with Crippen LogP contribution < -0.4 is 15.4 Å². The van der Waals surface area contributed by atoms with E-state index in [0.29, 0.717) is 11.2 Å². The highest BCUT2D eigenvalue weighted by molar-refractivity contribution is 9.10. The number of halogens is 1. The fourth-order valence-corrected chi connectivity index (χ4v) is 2.51. The van der Waals surface area contributed by atoms with Crippen molar-refractivity contribution in [1.82, 2.24) is 10.6 Å². The molecule has 1 aromatic carbocycles. The van der Waals surface area contributed by atoms with E-state index in [2.05, 4.69) is 47.3 Å². The number of benzene rings is 1. The summed E-state index contributed by atoms with van der Waals surface area (Å²) in [6, 6.07) is 6.48. The Hall–Kier alpha value is -0.810. The van der Waals surface area contributed by atoms with E-state index in [1.54, 1.807) is 7.11 Å². The molecule has 0 amide bonds. The topological polar surface area (TPSA) is 33.3 Å². The molecule has 0 spiro atoms. The molecule has 0 aliphatic rings. The molecule has 0 radical (unpaired) electrons. The molecular weight excluding hydrogens is 312 g/mol. The van der Waals surface area contributed by atoms with Crippen LogP contribution in [-0.2, 0) is 0 Å². The van der Waals surface area contributed by atoms with E-state index in [9.17, 15) is 0 Å². The maximum atomic E-state index is 5.23.